The molecule has 0 saturated heterocycles. The zero-order valence-electron chi connectivity index (χ0n) is 8.74. The molecule has 4 nitrogen and oxygen atoms in total. The van der Waals surface area contributed by atoms with Crippen LogP contribution in [0.3, 0.4) is 0 Å². The number of anilines is 1. The summed E-state index contributed by atoms with van der Waals surface area (Å²) >= 11 is 5.76. The van der Waals surface area contributed by atoms with Crippen LogP contribution in [0.1, 0.15) is 0 Å². The Balaban J connectivity index is 2.56. The molecule has 0 bridgehead atoms. The van der Waals surface area contributed by atoms with Gasteiger partial charge in [-0.15, -0.1) is 0 Å². The van der Waals surface area contributed by atoms with E-state index in [4.69, 9.17) is 11.6 Å². The van der Waals surface area contributed by atoms with Gasteiger partial charge in [-0.1, -0.05) is 11.6 Å². The van der Waals surface area contributed by atoms with Gasteiger partial charge in [0.1, 0.15) is 17.3 Å². The zero-order chi connectivity index (χ0) is 10.6. The van der Waals surface area contributed by atoms with E-state index in [2.05, 4.69) is 14.9 Å². The van der Waals surface area contributed by atoms with Crippen molar-refractivity contribution in [2.45, 2.75) is 0 Å². The van der Waals surface area contributed by atoms with Crippen LogP contribution in [0.25, 0.3) is 0 Å². The Kier molecular flexibility index (Phi) is 4.10. The maximum Gasteiger partial charge on any atom is 0.134 e. The smallest absolute Gasteiger partial charge is 0.134 e. The van der Waals surface area contributed by atoms with Crippen LogP contribution in [0, 0.1) is 0 Å². The van der Waals surface area contributed by atoms with Crippen molar-refractivity contribution in [3.63, 3.8) is 0 Å². The number of rotatable bonds is 4. The Morgan fingerprint density at radius 3 is 2.50 bits per heavy atom. The van der Waals surface area contributed by atoms with Gasteiger partial charge in [-0.25, -0.2) is 9.97 Å². The maximum atomic E-state index is 5.76. The van der Waals surface area contributed by atoms with Crippen LogP contribution >= 0.6 is 11.6 Å². The summed E-state index contributed by atoms with van der Waals surface area (Å²) in [4.78, 5) is 12.1. The Hall–Kier alpha value is -0.870. The molecule has 0 radical (unpaired) electrons. The summed E-state index contributed by atoms with van der Waals surface area (Å²) in [6.07, 6.45) is 1.48. The minimum atomic E-state index is 0.478. The molecule has 1 rings (SSSR count). The lowest BCUT2D eigenvalue weighted by molar-refractivity contribution is 0.416. The molecular weight excluding hydrogens is 200 g/mol. The molecular formula is C9H15ClN4. The third-order valence-corrected chi connectivity index (χ3v) is 2.10. The number of nitrogens with zero attached hydrogens (tertiary/aromatic N) is 4. The third kappa shape index (κ3) is 3.47. The van der Waals surface area contributed by atoms with Crippen molar-refractivity contribution >= 4 is 17.4 Å². The average Bonchev–Trinajstić information content (AvgIpc) is 2.14. The molecule has 0 fully saturated rings. The van der Waals surface area contributed by atoms with E-state index in [1.54, 1.807) is 6.07 Å². The molecule has 0 unspecified atom stereocenters. The minimum absolute atomic E-state index is 0.478. The summed E-state index contributed by atoms with van der Waals surface area (Å²) in [5.74, 6) is 0.854. The lowest BCUT2D eigenvalue weighted by atomic mass is 10.4. The topological polar surface area (TPSA) is 32.3 Å². The molecule has 0 saturated carbocycles. The molecule has 1 aromatic rings. The van der Waals surface area contributed by atoms with E-state index in [0.717, 1.165) is 18.9 Å². The Morgan fingerprint density at radius 1 is 1.21 bits per heavy atom. The zero-order valence-corrected chi connectivity index (χ0v) is 9.49. The normalized spacial score (nSPS) is 10.6. The summed E-state index contributed by atoms with van der Waals surface area (Å²) in [5, 5.41) is 0.478. The predicted octanol–water partition coefficient (Wildman–Crippen LogP) is 1.13. The third-order valence-electron chi connectivity index (χ3n) is 1.89. The predicted molar refractivity (Wildman–Crippen MR) is 58.9 cm³/mol. The largest absolute Gasteiger partial charge is 0.358 e. The molecule has 0 aliphatic carbocycles. The fourth-order valence-electron chi connectivity index (χ4n) is 0.998. The van der Waals surface area contributed by atoms with E-state index in [0.29, 0.717) is 5.15 Å². The highest BCUT2D eigenvalue weighted by Crippen LogP contribution is 2.11. The summed E-state index contributed by atoms with van der Waals surface area (Å²) in [7, 11) is 6.07. The fourth-order valence-corrected chi connectivity index (χ4v) is 1.14. The Labute approximate surface area is 89.5 Å². The number of hydrogen-bond donors (Lipinski definition) is 0. The van der Waals surface area contributed by atoms with Gasteiger partial charge in [-0.2, -0.15) is 0 Å². The van der Waals surface area contributed by atoms with Gasteiger partial charge in [-0.05, 0) is 14.1 Å². The van der Waals surface area contributed by atoms with E-state index in [9.17, 15) is 0 Å². The first kappa shape index (κ1) is 11.2. The number of aromatic nitrogens is 2. The highest BCUT2D eigenvalue weighted by atomic mass is 35.5. The van der Waals surface area contributed by atoms with Crippen molar-refractivity contribution in [2.24, 2.45) is 0 Å². The van der Waals surface area contributed by atoms with E-state index < -0.39 is 0 Å². The monoisotopic (exact) mass is 214 g/mol. The first-order valence-corrected chi connectivity index (χ1v) is 4.81. The van der Waals surface area contributed by atoms with E-state index >= 15 is 0 Å². The molecule has 0 aliphatic heterocycles. The highest BCUT2D eigenvalue weighted by molar-refractivity contribution is 6.29. The molecule has 78 valence electrons. The summed E-state index contributed by atoms with van der Waals surface area (Å²) in [5.41, 5.74) is 0. The van der Waals surface area contributed by atoms with Gasteiger partial charge < -0.3 is 9.80 Å². The van der Waals surface area contributed by atoms with Crippen LogP contribution in [0.15, 0.2) is 12.4 Å². The Bertz CT molecular complexity index is 290. The lowest BCUT2D eigenvalue weighted by Gasteiger charge is -2.20. The second-order valence-corrected chi connectivity index (χ2v) is 3.81. The van der Waals surface area contributed by atoms with Gasteiger partial charge in [0.25, 0.3) is 0 Å². The lowest BCUT2D eigenvalue weighted by Crippen LogP contribution is -2.28. The van der Waals surface area contributed by atoms with Crippen LogP contribution in [0.4, 0.5) is 5.82 Å². The fraction of sp³-hybridized carbons (Fsp3) is 0.556. The van der Waals surface area contributed by atoms with Gasteiger partial charge in [0.15, 0.2) is 0 Å². The second-order valence-electron chi connectivity index (χ2n) is 3.42. The highest BCUT2D eigenvalue weighted by Gasteiger charge is 2.03. The van der Waals surface area contributed by atoms with Crippen molar-refractivity contribution < 1.29 is 0 Å². The maximum absolute atomic E-state index is 5.76. The van der Waals surface area contributed by atoms with Crippen molar-refractivity contribution in [3.8, 4) is 0 Å². The second kappa shape index (κ2) is 5.12. The summed E-state index contributed by atoms with van der Waals surface area (Å²) < 4.78 is 0. The summed E-state index contributed by atoms with van der Waals surface area (Å²) in [6, 6.07) is 1.76. The molecule has 0 N–H and O–H groups in total. The van der Waals surface area contributed by atoms with Gasteiger partial charge in [-0.3, -0.25) is 0 Å². The number of halogens is 1. The first-order valence-electron chi connectivity index (χ1n) is 4.43. The molecule has 0 atom stereocenters. The van der Waals surface area contributed by atoms with Gasteiger partial charge in [0, 0.05) is 26.2 Å². The van der Waals surface area contributed by atoms with Crippen LogP contribution in [0.5, 0.6) is 0 Å². The minimum Gasteiger partial charge on any atom is -0.358 e. The van der Waals surface area contributed by atoms with Crippen molar-refractivity contribution in [3.05, 3.63) is 17.5 Å². The van der Waals surface area contributed by atoms with Crippen LogP contribution in [0.2, 0.25) is 5.15 Å². The van der Waals surface area contributed by atoms with E-state index in [1.165, 1.54) is 6.33 Å². The average molecular weight is 215 g/mol. The van der Waals surface area contributed by atoms with Gasteiger partial charge in [0.2, 0.25) is 0 Å². The molecule has 0 amide bonds. The van der Waals surface area contributed by atoms with Crippen molar-refractivity contribution in [2.75, 3.05) is 39.1 Å². The van der Waals surface area contributed by atoms with E-state index in [-0.39, 0.29) is 0 Å². The van der Waals surface area contributed by atoms with Crippen molar-refractivity contribution in [1.29, 1.82) is 0 Å². The van der Waals surface area contributed by atoms with Gasteiger partial charge in [0.05, 0.1) is 0 Å². The molecule has 0 aromatic carbocycles. The Morgan fingerprint density at radius 2 is 1.93 bits per heavy atom. The first-order chi connectivity index (χ1) is 6.59. The van der Waals surface area contributed by atoms with Crippen LogP contribution < -0.4 is 4.90 Å². The molecule has 1 aromatic heterocycles. The van der Waals surface area contributed by atoms with Crippen LogP contribution in [-0.4, -0.2) is 49.1 Å². The van der Waals surface area contributed by atoms with Gasteiger partial charge >= 0.3 is 0 Å². The molecule has 14 heavy (non-hydrogen) atoms. The summed E-state index contributed by atoms with van der Waals surface area (Å²) in [6.45, 7) is 1.90. The quantitative estimate of drug-likeness (QED) is 0.704. The SMILES string of the molecule is CN(C)CCN(C)c1cc(Cl)ncn1. The van der Waals surface area contributed by atoms with Crippen molar-refractivity contribution in [1.82, 2.24) is 14.9 Å². The molecule has 0 aliphatic rings. The number of hydrogen-bond acceptors (Lipinski definition) is 4. The van der Waals surface area contributed by atoms with Crippen LogP contribution in [-0.2, 0) is 0 Å². The van der Waals surface area contributed by atoms with E-state index in [1.807, 2.05) is 26.0 Å². The molecule has 1 heterocycles. The molecule has 0 spiro atoms. The molecule has 5 heteroatoms. The standard InChI is InChI=1S/C9H15ClN4/c1-13(2)4-5-14(3)9-6-8(10)11-7-12-9/h6-7H,4-5H2,1-3H3. The number of likely N-dealkylation sites (N-methyl/N-ethyl adjacent to an activating group) is 2.